The fourth-order valence-corrected chi connectivity index (χ4v) is 4.05. The van der Waals surface area contributed by atoms with E-state index in [-0.39, 0.29) is 5.91 Å². The average Bonchev–Trinajstić information content (AvgIpc) is 2.77. The summed E-state index contributed by atoms with van der Waals surface area (Å²) in [6, 6.07) is 23.4. The molecule has 4 rings (SSSR count). The molecule has 0 aromatic heterocycles. The molecule has 1 N–H and O–H groups in total. The fraction of sp³-hybridized carbons (Fsp3) is 0.208. The highest BCUT2D eigenvalue weighted by atomic mass is 79.9. The quantitative estimate of drug-likeness (QED) is 0.506. The van der Waals surface area contributed by atoms with E-state index in [1.807, 2.05) is 42.5 Å². The lowest BCUT2D eigenvalue weighted by molar-refractivity contribution is 0.102. The maximum Gasteiger partial charge on any atom is 0.255 e. The molecule has 1 amide bonds. The summed E-state index contributed by atoms with van der Waals surface area (Å²) >= 11 is 9.68. The molecule has 1 aliphatic rings. The number of anilines is 2. The third-order valence-electron chi connectivity index (χ3n) is 5.32. The van der Waals surface area contributed by atoms with E-state index in [1.165, 1.54) is 11.3 Å². The molecule has 1 heterocycles. The number of halogens is 2. The van der Waals surface area contributed by atoms with Crippen molar-refractivity contribution in [3.63, 3.8) is 0 Å². The lowest BCUT2D eigenvalue weighted by Crippen LogP contribution is -2.46. The molecule has 0 saturated carbocycles. The first-order chi connectivity index (χ1) is 14.6. The van der Waals surface area contributed by atoms with Gasteiger partial charge in [-0.05, 0) is 60.2 Å². The normalized spacial score (nSPS) is 14.5. The van der Waals surface area contributed by atoms with Crippen LogP contribution < -0.4 is 10.2 Å². The van der Waals surface area contributed by atoms with Gasteiger partial charge in [0.05, 0.1) is 0 Å². The summed E-state index contributed by atoms with van der Waals surface area (Å²) in [6.07, 6.45) is 0. The predicted molar refractivity (Wildman–Crippen MR) is 127 cm³/mol. The lowest BCUT2D eigenvalue weighted by Gasteiger charge is -2.36. The summed E-state index contributed by atoms with van der Waals surface area (Å²) in [5.41, 5.74) is 3.79. The van der Waals surface area contributed by atoms with Crippen LogP contribution in [0.3, 0.4) is 0 Å². The van der Waals surface area contributed by atoms with Gasteiger partial charge in [0.15, 0.2) is 0 Å². The molecule has 0 radical (unpaired) electrons. The smallest absolute Gasteiger partial charge is 0.255 e. The predicted octanol–water partition coefficient (Wildman–Crippen LogP) is 5.68. The van der Waals surface area contributed by atoms with Gasteiger partial charge in [0.25, 0.3) is 5.91 Å². The molecule has 6 heteroatoms. The molecule has 4 nitrogen and oxygen atoms in total. The molecule has 1 aliphatic heterocycles. The molecular formula is C24H23BrClN3O. The van der Waals surface area contributed by atoms with E-state index in [0.29, 0.717) is 5.56 Å². The van der Waals surface area contributed by atoms with Crippen LogP contribution in [0.15, 0.2) is 77.3 Å². The number of nitrogens with zero attached hydrogens (tertiary/aromatic N) is 2. The number of carbonyl (C=O) groups is 1. The van der Waals surface area contributed by atoms with Crippen molar-refractivity contribution in [3.05, 3.63) is 93.4 Å². The first-order valence-electron chi connectivity index (χ1n) is 9.96. The number of nitrogens with one attached hydrogen (secondary N) is 1. The van der Waals surface area contributed by atoms with E-state index in [0.717, 1.165) is 47.9 Å². The van der Waals surface area contributed by atoms with Gasteiger partial charge in [0.1, 0.15) is 0 Å². The summed E-state index contributed by atoms with van der Waals surface area (Å²) in [7, 11) is 0. The van der Waals surface area contributed by atoms with Crippen LogP contribution in [0.25, 0.3) is 0 Å². The first-order valence-corrected chi connectivity index (χ1v) is 11.1. The molecule has 154 valence electrons. The fourth-order valence-electron chi connectivity index (χ4n) is 3.59. The SMILES string of the molecule is O=C(Nc1ccc(N2CCN(Cc3ccccc3Cl)CC2)cc1)c1ccc(Br)cc1. The molecule has 0 aliphatic carbocycles. The van der Waals surface area contributed by atoms with Gasteiger partial charge in [-0.3, -0.25) is 9.69 Å². The van der Waals surface area contributed by atoms with Crippen LogP contribution in [0.2, 0.25) is 5.02 Å². The second-order valence-electron chi connectivity index (χ2n) is 7.36. The van der Waals surface area contributed by atoms with Gasteiger partial charge < -0.3 is 10.2 Å². The molecule has 1 fully saturated rings. The Morgan fingerprint density at radius 3 is 2.23 bits per heavy atom. The second kappa shape index (κ2) is 9.65. The van der Waals surface area contributed by atoms with Crippen LogP contribution in [0.4, 0.5) is 11.4 Å². The number of hydrogen-bond donors (Lipinski definition) is 1. The summed E-state index contributed by atoms with van der Waals surface area (Å²) in [4.78, 5) is 17.2. The van der Waals surface area contributed by atoms with Gasteiger partial charge in [0, 0.05) is 59.2 Å². The number of benzene rings is 3. The zero-order chi connectivity index (χ0) is 20.9. The summed E-state index contributed by atoms with van der Waals surface area (Å²) in [6.45, 7) is 4.80. The van der Waals surface area contributed by atoms with E-state index in [1.54, 1.807) is 12.1 Å². The standard InChI is InChI=1S/C24H23BrClN3O/c25-20-7-5-18(6-8-20)24(30)27-21-9-11-22(12-10-21)29-15-13-28(14-16-29)17-19-3-1-2-4-23(19)26/h1-12H,13-17H2,(H,27,30). The van der Waals surface area contributed by atoms with Crippen molar-refractivity contribution in [1.82, 2.24) is 4.90 Å². The highest BCUT2D eigenvalue weighted by molar-refractivity contribution is 9.10. The molecule has 30 heavy (non-hydrogen) atoms. The number of amides is 1. The number of piperazine rings is 1. The van der Waals surface area contributed by atoms with Crippen molar-refractivity contribution in [3.8, 4) is 0 Å². The summed E-state index contributed by atoms with van der Waals surface area (Å²) in [5, 5.41) is 3.79. The Kier molecular flexibility index (Phi) is 6.72. The van der Waals surface area contributed by atoms with Gasteiger partial charge in [-0.1, -0.05) is 45.7 Å². The monoisotopic (exact) mass is 483 g/mol. The Labute approximate surface area is 190 Å². The van der Waals surface area contributed by atoms with Crippen LogP contribution in [-0.4, -0.2) is 37.0 Å². The van der Waals surface area contributed by atoms with Crippen molar-refractivity contribution < 1.29 is 4.79 Å². The number of hydrogen-bond acceptors (Lipinski definition) is 3. The van der Waals surface area contributed by atoms with Gasteiger partial charge in [-0.2, -0.15) is 0 Å². The Bertz CT molecular complexity index is 1000. The van der Waals surface area contributed by atoms with Crippen molar-refractivity contribution in [2.75, 3.05) is 36.4 Å². The maximum absolute atomic E-state index is 12.4. The molecule has 0 atom stereocenters. The Morgan fingerprint density at radius 1 is 0.900 bits per heavy atom. The van der Waals surface area contributed by atoms with Crippen LogP contribution >= 0.6 is 27.5 Å². The second-order valence-corrected chi connectivity index (χ2v) is 8.69. The summed E-state index contributed by atoms with van der Waals surface area (Å²) < 4.78 is 0.954. The largest absolute Gasteiger partial charge is 0.369 e. The zero-order valence-corrected chi connectivity index (χ0v) is 18.9. The Balaban J connectivity index is 1.31. The van der Waals surface area contributed by atoms with Gasteiger partial charge in [-0.25, -0.2) is 0 Å². The van der Waals surface area contributed by atoms with Crippen molar-refractivity contribution in [2.24, 2.45) is 0 Å². The Morgan fingerprint density at radius 2 is 1.57 bits per heavy atom. The maximum atomic E-state index is 12.4. The summed E-state index contributed by atoms with van der Waals surface area (Å²) in [5.74, 6) is -0.108. The van der Waals surface area contributed by atoms with Crippen molar-refractivity contribution >= 4 is 44.8 Å². The minimum atomic E-state index is -0.108. The molecule has 0 unspecified atom stereocenters. The highest BCUT2D eigenvalue weighted by Crippen LogP contribution is 2.22. The van der Waals surface area contributed by atoms with Crippen LogP contribution in [0.5, 0.6) is 0 Å². The van der Waals surface area contributed by atoms with Crippen molar-refractivity contribution in [2.45, 2.75) is 6.54 Å². The van der Waals surface area contributed by atoms with E-state index >= 15 is 0 Å². The van der Waals surface area contributed by atoms with E-state index < -0.39 is 0 Å². The van der Waals surface area contributed by atoms with Crippen LogP contribution in [-0.2, 0) is 6.54 Å². The molecular weight excluding hydrogens is 462 g/mol. The van der Waals surface area contributed by atoms with Crippen molar-refractivity contribution in [1.29, 1.82) is 0 Å². The highest BCUT2D eigenvalue weighted by Gasteiger charge is 2.18. The number of carbonyl (C=O) groups excluding carboxylic acids is 1. The lowest BCUT2D eigenvalue weighted by atomic mass is 10.1. The molecule has 3 aromatic carbocycles. The van der Waals surface area contributed by atoms with Crippen LogP contribution in [0, 0.1) is 0 Å². The molecule has 0 bridgehead atoms. The first kappa shape index (κ1) is 20.9. The third-order valence-corrected chi connectivity index (χ3v) is 6.22. The third kappa shape index (κ3) is 5.22. The van der Waals surface area contributed by atoms with E-state index in [4.69, 9.17) is 11.6 Å². The van der Waals surface area contributed by atoms with E-state index in [9.17, 15) is 4.79 Å². The molecule has 3 aromatic rings. The van der Waals surface area contributed by atoms with E-state index in [2.05, 4.69) is 49.2 Å². The minimum absolute atomic E-state index is 0.108. The molecule has 0 spiro atoms. The molecule has 1 saturated heterocycles. The van der Waals surface area contributed by atoms with Gasteiger partial charge in [0.2, 0.25) is 0 Å². The van der Waals surface area contributed by atoms with Gasteiger partial charge in [-0.15, -0.1) is 0 Å². The van der Waals surface area contributed by atoms with Crippen LogP contribution in [0.1, 0.15) is 15.9 Å². The zero-order valence-electron chi connectivity index (χ0n) is 16.5. The number of rotatable bonds is 5. The average molecular weight is 485 g/mol. The topological polar surface area (TPSA) is 35.6 Å². The minimum Gasteiger partial charge on any atom is -0.369 e. The Hall–Kier alpha value is -2.34. The van der Waals surface area contributed by atoms with Gasteiger partial charge >= 0.3 is 0 Å².